The number of hydrogen-bond acceptors (Lipinski definition) is 6. The van der Waals surface area contributed by atoms with E-state index in [1.807, 2.05) is 12.1 Å². The largest absolute Gasteiger partial charge is 0.423 e. The lowest BCUT2D eigenvalue weighted by atomic mass is 10.2. The minimum atomic E-state index is -0.406. The van der Waals surface area contributed by atoms with E-state index in [0.29, 0.717) is 34.5 Å². The molecule has 8 heteroatoms. The molecule has 0 aliphatic carbocycles. The summed E-state index contributed by atoms with van der Waals surface area (Å²) in [6.45, 7) is 2.70. The average Bonchev–Trinajstić information content (AvgIpc) is 2.68. The second-order valence-electron chi connectivity index (χ2n) is 6.10. The quantitative estimate of drug-likeness (QED) is 0.368. The highest BCUT2D eigenvalue weighted by Gasteiger charge is 2.21. The van der Waals surface area contributed by atoms with Gasteiger partial charge in [0.1, 0.15) is 5.58 Å². The Hall–Kier alpha value is -2.25. The van der Waals surface area contributed by atoms with Crippen molar-refractivity contribution in [1.29, 1.82) is 0 Å². The van der Waals surface area contributed by atoms with E-state index in [9.17, 15) is 4.79 Å². The average molecular weight is 407 g/mol. The first-order chi connectivity index (χ1) is 13.1. The summed E-state index contributed by atoms with van der Waals surface area (Å²) in [5, 5.41) is 3.64. The van der Waals surface area contributed by atoms with Crippen LogP contribution in [0.3, 0.4) is 0 Å². The van der Waals surface area contributed by atoms with Gasteiger partial charge in [-0.05, 0) is 30.3 Å². The third-order valence-electron chi connectivity index (χ3n) is 4.34. The van der Waals surface area contributed by atoms with Crippen LogP contribution >= 0.6 is 23.2 Å². The van der Waals surface area contributed by atoms with E-state index in [4.69, 9.17) is 37.5 Å². The molecule has 0 amide bonds. The molecule has 2 aromatic carbocycles. The molecule has 27 heavy (non-hydrogen) atoms. The van der Waals surface area contributed by atoms with E-state index >= 15 is 0 Å². The number of piperazine rings is 1. The highest BCUT2D eigenvalue weighted by atomic mass is 35.5. The van der Waals surface area contributed by atoms with Crippen LogP contribution in [0.5, 0.6) is 5.75 Å². The molecule has 4 rings (SSSR count). The Labute approximate surface area is 165 Å². The third kappa shape index (κ3) is 4.04. The zero-order valence-corrected chi connectivity index (χ0v) is 15.7. The van der Waals surface area contributed by atoms with Crippen molar-refractivity contribution in [3.63, 3.8) is 0 Å². The smallest absolute Gasteiger partial charge is 0.336 e. The summed E-state index contributed by atoms with van der Waals surface area (Å²) in [5.74, 6) is 0.456. The van der Waals surface area contributed by atoms with Gasteiger partial charge in [-0.1, -0.05) is 34.3 Å². The normalized spacial score (nSPS) is 15.3. The molecule has 1 saturated heterocycles. The fourth-order valence-corrected chi connectivity index (χ4v) is 3.34. The maximum atomic E-state index is 11.3. The van der Waals surface area contributed by atoms with Gasteiger partial charge in [0.2, 0.25) is 0 Å². The molecule has 140 valence electrons. The standard InChI is InChI=1S/C19H16Cl2N2O4/c20-15-2-1-3-16(19(15)21)22-8-10-23(11-9-22)27-26-14-6-4-13-5-7-18(24)25-17(13)12-14/h1-7,12H,8-11H2. The van der Waals surface area contributed by atoms with Crippen molar-refractivity contribution >= 4 is 39.9 Å². The fourth-order valence-electron chi connectivity index (χ4n) is 2.93. The molecule has 0 bridgehead atoms. The Morgan fingerprint density at radius 1 is 0.963 bits per heavy atom. The van der Waals surface area contributed by atoms with Crippen LogP contribution in [0.4, 0.5) is 5.69 Å². The van der Waals surface area contributed by atoms with Crippen LogP contribution in [0.2, 0.25) is 10.0 Å². The van der Waals surface area contributed by atoms with Crippen LogP contribution in [0, 0.1) is 0 Å². The van der Waals surface area contributed by atoms with Crippen molar-refractivity contribution in [3.8, 4) is 5.75 Å². The van der Waals surface area contributed by atoms with E-state index in [1.165, 1.54) is 6.07 Å². The molecule has 1 aromatic heterocycles. The minimum absolute atomic E-state index is 0.406. The van der Waals surface area contributed by atoms with Crippen molar-refractivity contribution in [2.45, 2.75) is 0 Å². The zero-order valence-electron chi connectivity index (χ0n) is 14.2. The van der Waals surface area contributed by atoms with Gasteiger partial charge in [-0.25, -0.2) is 4.79 Å². The van der Waals surface area contributed by atoms with Crippen LogP contribution in [0.15, 0.2) is 57.7 Å². The van der Waals surface area contributed by atoms with Crippen LogP contribution < -0.4 is 15.4 Å². The van der Waals surface area contributed by atoms with Crippen LogP contribution in [0.25, 0.3) is 11.0 Å². The molecule has 1 aliphatic rings. The Kier molecular flexibility index (Phi) is 5.22. The first-order valence-electron chi connectivity index (χ1n) is 8.42. The minimum Gasteiger partial charge on any atom is -0.423 e. The topological polar surface area (TPSA) is 55.2 Å². The van der Waals surface area contributed by atoms with E-state index in [2.05, 4.69) is 4.90 Å². The lowest BCUT2D eigenvalue weighted by molar-refractivity contribution is -0.368. The molecule has 0 saturated carbocycles. The predicted octanol–water partition coefficient (Wildman–Crippen LogP) is 4.15. The monoisotopic (exact) mass is 406 g/mol. The van der Waals surface area contributed by atoms with Gasteiger partial charge in [-0.15, -0.1) is 5.06 Å². The second kappa shape index (κ2) is 7.78. The molecule has 1 fully saturated rings. The lowest BCUT2D eigenvalue weighted by Crippen LogP contribution is -2.46. The van der Waals surface area contributed by atoms with E-state index in [1.54, 1.807) is 35.4 Å². The van der Waals surface area contributed by atoms with Gasteiger partial charge in [0.25, 0.3) is 0 Å². The molecule has 3 aromatic rings. The van der Waals surface area contributed by atoms with Crippen LogP contribution in [-0.4, -0.2) is 31.2 Å². The number of rotatable bonds is 4. The van der Waals surface area contributed by atoms with Gasteiger partial charge in [0.15, 0.2) is 5.75 Å². The second-order valence-corrected chi connectivity index (χ2v) is 6.89. The van der Waals surface area contributed by atoms with Gasteiger partial charge in [-0.2, -0.15) is 0 Å². The van der Waals surface area contributed by atoms with Gasteiger partial charge >= 0.3 is 5.63 Å². The third-order valence-corrected chi connectivity index (χ3v) is 5.15. The SMILES string of the molecule is O=c1ccc2ccc(OON3CCN(c4cccc(Cl)c4Cl)CC3)cc2o1. The molecule has 0 spiro atoms. The number of benzene rings is 2. The summed E-state index contributed by atoms with van der Waals surface area (Å²) in [7, 11) is 0. The highest BCUT2D eigenvalue weighted by Crippen LogP contribution is 2.33. The summed E-state index contributed by atoms with van der Waals surface area (Å²) in [4.78, 5) is 24.3. The summed E-state index contributed by atoms with van der Waals surface area (Å²) in [5.41, 5.74) is 0.953. The molecule has 0 unspecified atom stereocenters. The van der Waals surface area contributed by atoms with Crippen molar-refractivity contribution < 1.29 is 14.3 Å². The Bertz CT molecular complexity index is 1020. The maximum absolute atomic E-state index is 11.3. The Morgan fingerprint density at radius 3 is 2.56 bits per heavy atom. The first-order valence-corrected chi connectivity index (χ1v) is 9.18. The van der Waals surface area contributed by atoms with Crippen molar-refractivity contribution in [1.82, 2.24) is 5.06 Å². The zero-order chi connectivity index (χ0) is 18.8. The number of anilines is 1. The summed E-state index contributed by atoms with van der Waals surface area (Å²) < 4.78 is 5.14. The number of hydroxylamine groups is 2. The summed E-state index contributed by atoms with van der Waals surface area (Å²) in [6, 6.07) is 13.9. The lowest BCUT2D eigenvalue weighted by Gasteiger charge is -2.34. The number of fused-ring (bicyclic) bond motifs is 1. The molecule has 0 radical (unpaired) electrons. The Morgan fingerprint density at radius 2 is 1.74 bits per heavy atom. The number of hydrogen-bond donors (Lipinski definition) is 0. The molecular weight excluding hydrogens is 391 g/mol. The van der Waals surface area contributed by atoms with Crippen LogP contribution in [-0.2, 0) is 4.99 Å². The van der Waals surface area contributed by atoms with Crippen molar-refractivity contribution in [2.24, 2.45) is 0 Å². The maximum Gasteiger partial charge on any atom is 0.336 e. The summed E-state index contributed by atoms with van der Waals surface area (Å²) >= 11 is 12.4. The first kappa shape index (κ1) is 18.1. The van der Waals surface area contributed by atoms with Crippen LogP contribution in [0.1, 0.15) is 0 Å². The molecular formula is C19H16Cl2N2O4. The molecule has 1 aliphatic heterocycles. The summed E-state index contributed by atoms with van der Waals surface area (Å²) in [6.07, 6.45) is 0. The highest BCUT2D eigenvalue weighted by molar-refractivity contribution is 6.43. The Balaban J connectivity index is 1.36. The molecule has 0 atom stereocenters. The van der Waals surface area contributed by atoms with Gasteiger partial charge < -0.3 is 14.2 Å². The van der Waals surface area contributed by atoms with E-state index in [0.717, 1.165) is 24.2 Å². The van der Waals surface area contributed by atoms with Gasteiger partial charge in [0, 0.05) is 43.7 Å². The van der Waals surface area contributed by atoms with E-state index < -0.39 is 5.63 Å². The van der Waals surface area contributed by atoms with Crippen molar-refractivity contribution in [2.75, 3.05) is 31.1 Å². The molecule has 6 nitrogen and oxygen atoms in total. The van der Waals surface area contributed by atoms with Gasteiger partial charge in [0.05, 0.1) is 15.7 Å². The number of nitrogens with zero attached hydrogens (tertiary/aromatic N) is 2. The predicted molar refractivity (Wildman–Crippen MR) is 104 cm³/mol. The number of halogens is 2. The molecule has 0 N–H and O–H groups in total. The van der Waals surface area contributed by atoms with E-state index in [-0.39, 0.29) is 0 Å². The fraction of sp³-hybridized carbons (Fsp3) is 0.211. The van der Waals surface area contributed by atoms with Gasteiger partial charge in [-0.3, -0.25) is 0 Å². The van der Waals surface area contributed by atoms with Crippen molar-refractivity contribution in [3.05, 3.63) is 69.0 Å². The molecule has 2 heterocycles.